The molecule has 11 rings (SSSR count). The average Bonchev–Trinajstić information content (AvgIpc) is 3.87. The third-order valence-corrected chi connectivity index (χ3v) is 11.0. The van der Waals surface area contributed by atoms with Crippen molar-refractivity contribution in [3.05, 3.63) is 158 Å². The lowest BCUT2D eigenvalue weighted by Gasteiger charge is -2.10. The van der Waals surface area contributed by atoms with Crippen LogP contribution in [0.25, 0.3) is 104 Å². The number of para-hydroxylation sites is 3. The summed E-state index contributed by atoms with van der Waals surface area (Å²) in [4.78, 5) is 15.4. The second-order valence-electron chi connectivity index (χ2n) is 12.8. The summed E-state index contributed by atoms with van der Waals surface area (Å²) in [5.41, 5.74) is 7.64. The van der Waals surface area contributed by atoms with Gasteiger partial charge in [0.1, 0.15) is 5.58 Å². The minimum Gasteiger partial charge on any atom is -0.454 e. The first-order valence-corrected chi connectivity index (χ1v) is 17.8. The van der Waals surface area contributed by atoms with Gasteiger partial charge in [0.2, 0.25) is 0 Å². The maximum atomic E-state index is 6.79. The Morgan fingerprint density at radius 1 is 0.451 bits per heavy atom. The van der Waals surface area contributed by atoms with Crippen molar-refractivity contribution in [2.45, 2.75) is 0 Å². The number of hydrogen-bond acceptors (Lipinski definition) is 5. The maximum Gasteiger partial charge on any atom is 0.164 e. The number of hydrogen-bond donors (Lipinski definition) is 0. The molecule has 238 valence electrons. The van der Waals surface area contributed by atoms with Gasteiger partial charge in [0.25, 0.3) is 0 Å². The molecule has 7 aromatic carbocycles. The molecule has 0 atom stereocenters. The number of benzene rings is 7. The molecule has 4 aromatic heterocycles. The van der Waals surface area contributed by atoms with Gasteiger partial charge in [-0.1, -0.05) is 109 Å². The van der Waals surface area contributed by atoms with Gasteiger partial charge in [-0.15, -0.1) is 11.3 Å². The summed E-state index contributed by atoms with van der Waals surface area (Å²) in [6.07, 6.45) is 0. The van der Waals surface area contributed by atoms with Crippen molar-refractivity contribution in [1.29, 1.82) is 0 Å². The molecule has 0 saturated carbocycles. The van der Waals surface area contributed by atoms with Crippen molar-refractivity contribution in [3.8, 4) is 39.9 Å². The SMILES string of the molecule is c1ccc(-c2nc(-c3ccc4sc5ccccc5c4c3)nc(-c3cccc4oc5c(-n6c7ccccc7c7ccccc76)cccc5c34)n2)cc1. The summed E-state index contributed by atoms with van der Waals surface area (Å²) < 4.78 is 11.6. The number of nitrogens with zero attached hydrogens (tertiary/aromatic N) is 4. The van der Waals surface area contributed by atoms with Crippen molar-refractivity contribution in [2.24, 2.45) is 0 Å². The van der Waals surface area contributed by atoms with Gasteiger partial charge in [0.05, 0.1) is 16.7 Å². The Hall–Kier alpha value is -6.63. The third-order valence-electron chi connectivity index (χ3n) is 9.87. The van der Waals surface area contributed by atoms with Gasteiger partial charge in [0, 0.05) is 58.4 Å². The smallest absolute Gasteiger partial charge is 0.164 e. The fraction of sp³-hybridized carbons (Fsp3) is 0. The molecule has 0 aliphatic heterocycles. The monoisotopic (exact) mass is 670 g/mol. The average molecular weight is 671 g/mol. The maximum absolute atomic E-state index is 6.79. The van der Waals surface area contributed by atoms with Crippen LogP contribution in [-0.4, -0.2) is 19.5 Å². The first kappa shape index (κ1) is 28.2. The lowest BCUT2D eigenvalue weighted by Crippen LogP contribution is -2.00. The van der Waals surface area contributed by atoms with Gasteiger partial charge < -0.3 is 8.98 Å². The third kappa shape index (κ3) is 4.30. The highest BCUT2D eigenvalue weighted by molar-refractivity contribution is 7.25. The van der Waals surface area contributed by atoms with E-state index in [2.05, 4.69) is 120 Å². The summed E-state index contributed by atoms with van der Waals surface area (Å²) >= 11 is 1.80. The second kappa shape index (κ2) is 10.9. The van der Waals surface area contributed by atoms with Crippen LogP contribution in [-0.2, 0) is 0 Å². The molecule has 0 radical (unpaired) electrons. The lowest BCUT2D eigenvalue weighted by atomic mass is 10.0. The normalized spacial score (nSPS) is 11.9. The highest BCUT2D eigenvalue weighted by atomic mass is 32.1. The molecular weight excluding hydrogens is 645 g/mol. The van der Waals surface area contributed by atoms with E-state index in [1.807, 2.05) is 42.5 Å². The first-order chi connectivity index (χ1) is 25.3. The van der Waals surface area contributed by atoms with E-state index in [9.17, 15) is 0 Å². The van der Waals surface area contributed by atoms with Crippen molar-refractivity contribution in [1.82, 2.24) is 19.5 Å². The minimum absolute atomic E-state index is 0.602. The zero-order valence-electron chi connectivity index (χ0n) is 27.1. The van der Waals surface area contributed by atoms with Crippen LogP contribution < -0.4 is 0 Å². The van der Waals surface area contributed by atoms with E-state index in [0.717, 1.165) is 55.3 Å². The number of fused-ring (bicyclic) bond motifs is 9. The van der Waals surface area contributed by atoms with Crippen LogP contribution in [0.4, 0.5) is 0 Å². The molecule has 0 spiro atoms. The Kier molecular flexibility index (Phi) is 6.05. The van der Waals surface area contributed by atoms with E-state index in [-0.39, 0.29) is 0 Å². The van der Waals surface area contributed by atoms with Gasteiger partial charge in [-0.3, -0.25) is 0 Å². The zero-order valence-corrected chi connectivity index (χ0v) is 27.9. The predicted molar refractivity (Wildman–Crippen MR) is 211 cm³/mol. The molecule has 5 nitrogen and oxygen atoms in total. The Morgan fingerprint density at radius 2 is 1.08 bits per heavy atom. The van der Waals surface area contributed by atoms with Crippen LogP contribution in [0.15, 0.2) is 162 Å². The van der Waals surface area contributed by atoms with Gasteiger partial charge in [-0.05, 0) is 48.5 Å². The highest BCUT2D eigenvalue weighted by Gasteiger charge is 2.21. The van der Waals surface area contributed by atoms with Gasteiger partial charge in [-0.2, -0.15) is 0 Å². The molecule has 0 fully saturated rings. The molecule has 0 saturated heterocycles. The Bertz CT molecular complexity index is 3100. The molecule has 11 aromatic rings. The van der Waals surface area contributed by atoms with Crippen LogP contribution in [0.2, 0.25) is 0 Å². The minimum atomic E-state index is 0.602. The van der Waals surface area contributed by atoms with Crippen molar-refractivity contribution >= 4 is 75.3 Å². The van der Waals surface area contributed by atoms with E-state index < -0.39 is 0 Å². The summed E-state index contributed by atoms with van der Waals surface area (Å²) in [5.74, 6) is 1.86. The van der Waals surface area contributed by atoms with E-state index in [1.165, 1.54) is 30.9 Å². The molecule has 0 amide bonds. The number of aromatic nitrogens is 4. The van der Waals surface area contributed by atoms with Crippen molar-refractivity contribution in [3.63, 3.8) is 0 Å². The van der Waals surface area contributed by atoms with Crippen LogP contribution >= 0.6 is 11.3 Å². The summed E-state index contributed by atoms with van der Waals surface area (Å²) in [6.45, 7) is 0. The quantitative estimate of drug-likeness (QED) is 0.187. The molecule has 6 heteroatoms. The molecule has 0 bridgehead atoms. The first-order valence-electron chi connectivity index (χ1n) is 16.9. The highest BCUT2D eigenvalue weighted by Crippen LogP contribution is 2.42. The van der Waals surface area contributed by atoms with Gasteiger partial charge in [0.15, 0.2) is 23.1 Å². The van der Waals surface area contributed by atoms with E-state index in [1.54, 1.807) is 11.3 Å². The van der Waals surface area contributed by atoms with Crippen LogP contribution in [0.3, 0.4) is 0 Å². The second-order valence-corrected chi connectivity index (χ2v) is 13.9. The fourth-order valence-electron chi connectivity index (χ4n) is 7.58. The largest absolute Gasteiger partial charge is 0.454 e. The van der Waals surface area contributed by atoms with Crippen LogP contribution in [0.5, 0.6) is 0 Å². The number of thiophene rings is 1. The van der Waals surface area contributed by atoms with E-state index in [4.69, 9.17) is 19.4 Å². The molecular formula is C45H26N4OS. The van der Waals surface area contributed by atoms with Crippen LogP contribution in [0, 0.1) is 0 Å². The summed E-state index contributed by atoms with van der Waals surface area (Å²) in [5, 5.41) is 6.85. The van der Waals surface area contributed by atoms with E-state index >= 15 is 0 Å². The standard InChI is InChI=1S/C45H26N4OS/c1-2-12-27(13-3-1)43-46-44(28-24-25-40-34(26-28)31-16-6-9-23-39(31)51-40)48-45(47-43)33-18-11-22-38-41(33)32-17-10-21-37(42(32)50-38)49-35-19-7-4-14-29(35)30-15-5-8-20-36(30)49/h1-26H. The van der Waals surface area contributed by atoms with Crippen LogP contribution in [0.1, 0.15) is 0 Å². The Labute approximate surface area is 295 Å². The van der Waals surface area contributed by atoms with Gasteiger partial charge >= 0.3 is 0 Å². The van der Waals surface area contributed by atoms with E-state index in [0.29, 0.717) is 17.5 Å². The number of rotatable bonds is 4. The zero-order chi connectivity index (χ0) is 33.5. The predicted octanol–water partition coefficient (Wildman–Crippen LogP) is 12.2. The molecule has 0 aliphatic rings. The fourth-order valence-corrected chi connectivity index (χ4v) is 8.67. The van der Waals surface area contributed by atoms with Gasteiger partial charge in [-0.25, -0.2) is 15.0 Å². The Morgan fingerprint density at radius 3 is 1.88 bits per heavy atom. The Balaban J connectivity index is 1.16. The molecule has 51 heavy (non-hydrogen) atoms. The van der Waals surface area contributed by atoms with Crippen molar-refractivity contribution < 1.29 is 4.42 Å². The lowest BCUT2D eigenvalue weighted by molar-refractivity contribution is 0.666. The summed E-state index contributed by atoms with van der Waals surface area (Å²) in [7, 11) is 0. The van der Waals surface area contributed by atoms with Crippen molar-refractivity contribution in [2.75, 3.05) is 0 Å². The summed E-state index contributed by atoms with van der Waals surface area (Å²) in [6, 6.07) is 54.8. The molecule has 0 unspecified atom stereocenters. The molecule has 0 aliphatic carbocycles. The molecule has 4 heterocycles. The molecule has 0 N–H and O–H groups in total. The topological polar surface area (TPSA) is 56.7 Å². The number of furan rings is 1.